The predicted molar refractivity (Wildman–Crippen MR) is 51.6 cm³/mol. The lowest BCUT2D eigenvalue weighted by Gasteiger charge is -2.20. The number of rotatable bonds is 5. The molecule has 0 radical (unpaired) electrons. The van der Waals surface area contributed by atoms with E-state index in [1.165, 1.54) is 12.8 Å². The molecule has 0 fully saturated rings. The van der Waals surface area contributed by atoms with Crippen LogP contribution < -0.4 is 0 Å². The van der Waals surface area contributed by atoms with E-state index in [0.29, 0.717) is 5.41 Å². The van der Waals surface area contributed by atoms with Crippen LogP contribution in [0.3, 0.4) is 0 Å². The Bertz CT molecular complexity index is 94.9. The van der Waals surface area contributed by atoms with Crippen molar-refractivity contribution in [2.45, 2.75) is 33.1 Å². The van der Waals surface area contributed by atoms with Crippen molar-refractivity contribution in [1.82, 2.24) is 0 Å². The Morgan fingerprint density at radius 3 is 2.50 bits per heavy atom. The lowest BCUT2D eigenvalue weighted by molar-refractivity contribution is 0.379. The summed E-state index contributed by atoms with van der Waals surface area (Å²) in [7, 11) is 0. The summed E-state index contributed by atoms with van der Waals surface area (Å²) in [6, 6.07) is 0. The summed E-state index contributed by atoms with van der Waals surface area (Å²) in [4.78, 5) is 0. The molecule has 0 nitrogen and oxygen atoms in total. The highest BCUT2D eigenvalue weighted by molar-refractivity contribution is 9.09. The van der Waals surface area contributed by atoms with Crippen molar-refractivity contribution in [3.05, 3.63) is 12.7 Å². The summed E-state index contributed by atoms with van der Waals surface area (Å²) in [5, 5.41) is 1.09. The standard InChI is InChI=1S/C9H17Br/c1-4-5-6-7-9(2,3)8-10/h4H,1,5-8H2,2-3H3. The minimum Gasteiger partial charge on any atom is -0.103 e. The Morgan fingerprint density at radius 1 is 1.50 bits per heavy atom. The van der Waals surface area contributed by atoms with Crippen LogP contribution in [0.25, 0.3) is 0 Å². The second-order valence-corrected chi connectivity index (χ2v) is 4.04. The van der Waals surface area contributed by atoms with Crippen LogP contribution in [0.4, 0.5) is 0 Å². The monoisotopic (exact) mass is 204 g/mol. The fourth-order valence-electron chi connectivity index (χ4n) is 0.792. The van der Waals surface area contributed by atoms with Gasteiger partial charge in [-0.1, -0.05) is 35.9 Å². The second-order valence-electron chi connectivity index (χ2n) is 3.48. The molecule has 0 heterocycles. The number of unbranched alkanes of at least 4 members (excludes halogenated alkanes) is 1. The van der Waals surface area contributed by atoms with Crippen molar-refractivity contribution in [2.75, 3.05) is 5.33 Å². The minimum atomic E-state index is 0.461. The fraction of sp³-hybridized carbons (Fsp3) is 0.778. The lowest BCUT2D eigenvalue weighted by Crippen LogP contribution is -2.12. The summed E-state index contributed by atoms with van der Waals surface area (Å²) in [6.45, 7) is 8.26. The van der Waals surface area contributed by atoms with Crippen LogP contribution in [-0.4, -0.2) is 5.33 Å². The van der Waals surface area contributed by atoms with E-state index in [1.54, 1.807) is 0 Å². The van der Waals surface area contributed by atoms with Crippen LogP contribution in [-0.2, 0) is 0 Å². The first-order valence-corrected chi connectivity index (χ1v) is 4.91. The minimum absolute atomic E-state index is 0.461. The molecule has 0 aliphatic carbocycles. The number of allylic oxidation sites excluding steroid dienone is 1. The first-order chi connectivity index (χ1) is 4.62. The van der Waals surface area contributed by atoms with Crippen LogP contribution in [0.2, 0.25) is 0 Å². The van der Waals surface area contributed by atoms with E-state index >= 15 is 0 Å². The Hall–Kier alpha value is 0.220. The van der Waals surface area contributed by atoms with Crippen molar-refractivity contribution in [2.24, 2.45) is 5.41 Å². The normalized spacial score (nSPS) is 11.5. The molecule has 0 saturated heterocycles. The van der Waals surface area contributed by atoms with Crippen molar-refractivity contribution in [3.8, 4) is 0 Å². The third-order valence-corrected chi connectivity index (χ3v) is 3.14. The zero-order valence-corrected chi connectivity index (χ0v) is 8.58. The first kappa shape index (κ1) is 10.2. The molecule has 0 unspecified atom stereocenters. The Kier molecular flexibility index (Phi) is 5.06. The van der Waals surface area contributed by atoms with Crippen LogP contribution in [0.15, 0.2) is 12.7 Å². The molecule has 0 aromatic carbocycles. The van der Waals surface area contributed by atoms with Gasteiger partial charge in [0.1, 0.15) is 0 Å². The van der Waals surface area contributed by atoms with Gasteiger partial charge in [0, 0.05) is 5.33 Å². The first-order valence-electron chi connectivity index (χ1n) is 3.79. The summed E-state index contributed by atoms with van der Waals surface area (Å²) >= 11 is 3.50. The van der Waals surface area contributed by atoms with Crippen molar-refractivity contribution in [1.29, 1.82) is 0 Å². The van der Waals surface area contributed by atoms with Crippen molar-refractivity contribution in [3.63, 3.8) is 0 Å². The molecule has 0 amide bonds. The summed E-state index contributed by atoms with van der Waals surface area (Å²) in [6.07, 6.45) is 5.69. The highest BCUT2D eigenvalue weighted by Gasteiger charge is 2.14. The zero-order chi connectivity index (χ0) is 8.04. The van der Waals surface area contributed by atoms with E-state index in [4.69, 9.17) is 0 Å². The molecular formula is C9H17Br. The van der Waals surface area contributed by atoms with E-state index in [2.05, 4.69) is 36.4 Å². The highest BCUT2D eigenvalue weighted by atomic mass is 79.9. The average Bonchev–Trinajstić information content (AvgIpc) is 1.89. The molecule has 0 saturated carbocycles. The van der Waals surface area contributed by atoms with Crippen molar-refractivity contribution < 1.29 is 0 Å². The molecule has 0 spiro atoms. The summed E-state index contributed by atoms with van der Waals surface area (Å²) in [5.41, 5.74) is 0.461. The molecule has 0 rings (SSSR count). The van der Waals surface area contributed by atoms with Crippen LogP contribution in [0.5, 0.6) is 0 Å². The maximum Gasteiger partial charge on any atom is 0.00826 e. The molecule has 0 atom stereocenters. The molecule has 0 aromatic heterocycles. The van der Waals surface area contributed by atoms with E-state index in [9.17, 15) is 0 Å². The lowest BCUT2D eigenvalue weighted by atomic mass is 9.90. The predicted octanol–water partition coefficient (Wildman–Crippen LogP) is 3.76. The zero-order valence-electron chi connectivity index (χ0n) is 6.99. The average molecular weight is 205 g/mol. The molecule has 0 N–H and O–H groups in total. The van der Waals surface area contributed by atoms with Gasteiger partial charge in [0.25, 0.3) is 0 Å². The SMILES string of the molecule is C=CCCCC(C)(C)CBr. The fourth-order valence-corrected chi connectivity index (χ4v) is 1.07. The smallest absolute Gasteiger partial charge is 0.00826 e. The number of hydrogen-bond acceptors (Lipinski definition) is 0. The number of hydrogen-bond donors (Lipinski definition) is 0. The van der Waals surface area contributed by atoms with Gasteiger partial charge in [0.05, 0.1) is 0 Å². The maximum atomic E-state index is 3.69. The van der Waals surface area contributed by atoms with Gasteiger partial charge < -0.3 is 0 Å². The van der Waals surface area contributed by atoms with E-state index in [-0.39, 0.29) is 0 Å². The van der Waals surface area contributed by atoms with Gasteiger partial charge in [-0.25, -0.2) is 0 Å². The topological polar surface area (TPSA) is 0 Å². The number of alkyl halides is 1. The van der Waals surface area contributed by atoms with Crippen molar-refractivity contribution >= 4 is 15.9 Å². The maximum absolute atomic E-state index is 3.69. The molecule has 0 aromatic rings. The largest absolute Gasteiger partial charge is 0.103 e. The highest BCUT2D eigenvalue weighted by Crippen LogP contribution is 2.25. The van der Waals surface area contributed by atoms with Gasteiger partial charge >= 0.3 is 0 Å². The molecule has 1 heteroatoms. The molecule has 0 bridgehead atoms. The van der Waals surface area contributed by atoms with Gasteiger partial charge in [-0.2, -0.15) is 0 Å². The molecule has 0 aliphatic heterocycles. The van der Waals surface area contributed by atoms with Gasteiger partial charge in [-0.3, -0.25) is 0 Å². The summed E-state index contributed by atoms with van der Waals surface area (Å²) in [5.74, 6) is 0. The quantitative estimate of drug-likeness (QED) is 0.364. The van der Waals surface area contributed by atoms with Gasteiger partial charge in [-0.15, -0.1) is 6.58 Å². The van der Waals surface area contributed by atoms with E-state index in [1.807, 2.05) is 6.08 Å². The van der Waals surface area contributed by atoms with E-state index in [0.717, 1.165) is 11.8 Å². The summed E-state index contributed by atoms with van der Waals surface area (Å²) < 4.78 is 0. The van der Waals surface area contributed by atoms with Gasteiger partial charge in [-0.05, 0) is 24.7 Å². The molecule has 10 heavy (non-hydrogen) atoms. The van der Waals surface area contributed by atoms with Crippen LogP contribution in [0, 0.1) is 5.41 Å². The third kappa shape index (κ3) is 5.04. The second kappa shape index (κ2) is 4.95. The number of halogens is 1. The molecule has 0 aliphatic rings. The molecule has 60 valence electrons. The Labute approximate surface area is 72.8 Å². The Morgan fingerprint density at radius 2 is 2.10 bits per heavy atom. The van der Waals surface area contributed by atoms with Crippen LogP contribution in [0.1, 0.15) is 33.1 Å². The van der Waals surface area contributed by atoms with Gasteiger partial charge in [0.2, 0.25) is 0 Å². The molecular weight excluding hydrogens is 188 g/mol. The Balaban J connectivity index is 3.36. The third-order valence-electron chi connectivity index (χ3n) is 1.62. The van der Waals surface area contributed by atoms with Gasteiger partial charge in [0.15, 0.2) is 0 Å². The van der Waals surface area contributed by atoms with Crippen LogP contribution >= 0.6 is 15.9 Å². The van der Waals surface area contributed by atoms with E-state index < -0.39 is 0 Å².